The van der Waals surface area contributed by atoms with Crippen LogP contribution in [0.2, 0.25) is 0 Å². The van der Waals surface area contributed by atoms with Crippen molar-refractivity contribution in [2.45, 2.75) is 50.6 Å². The molecule has 2 amide bonds. The Hall–Kier alpha value is -1.85. The van der Waals surface area contributed by atoms with E-state index < -0.39 is 5.54 Å². The second kappa shape index (κ2) is 5.50. The number of amides is 2. The first kappa shape index (κ1) is 14.1. The second-order valence-corrected chi connectivity index (χ2v) is 6.19. The maximum Gasteiger partial charge on any atom is 0.248 e. The van der Waals surface area contributed by atoms with Crippen molar-refractivity contribution >= 4 is 11.8 Å². The first-order valence-corrected chi connectivity index (χ1v) is 7.67. The molecule has 6 nitrogen and oxygen atoms in total. The third-order valence-electron chi connectivity index (χ3n) is 4.52. The Morgan fingerprint density at radius 2 is 2.05 bits per heavy atom. The summed E-state index contributed by atoms with van der Waals surface area (Å²) in [7, 11) is 1.86. The van der Waals surface area contributed by atoms with Crippen LogP contribution in [-0.2, 0) is 23.2 Å². The van der Waals surface area contributed by atoms with Crippen molar-refractivity contribution in [1.82, 2.24) is 20.0 Å². The largest absolute Gasteiger partial charge is 0.342 e. The minimum Gasteiger partial charge on any atom is -0.342 e. The molecule has 114 valence electrons. The fourth-order valence-electron chi connectivity index (χ4n) is 3.44. The number of carbonyl (C=O) groups is 2. The highest BCUT2D eigenvalue weighted by Gasteiger charge is 2.44. The maximum absolute atomic E-state index is 13.0. The molecule has 1 N–H and O–H groups in total. The predicted molar refractivity (Wildman–Crippen MR) is 77.2 cm³/mol. The van der Waals surface area contributed by atoms with Gasteiger partial charge in [0.05, 0.1) is 6.20 Å². The average Bonchev–Trinajstić information content (AvgIpc) is 2.84. The minimum absolute atomic E-state index is 0.000985. The highest BCUT2D eigenvalue weighted by molar-refractivity contribution is 5.93. The van der Waals surface area contributed by atoms with Crippen LogP contribution in [0.4, 0.5) is 0 Å². The van der Waals surface area contributed by atoms with E-state index in [2.05, 4.69) is 10.4 Å². The number of carbonyl (C=O) groups excluding carboxylic acids is 2. The zero-order valence-corrected chi connectivity index (χ0v) is 12.5. The van der Waals surface area contributed by atoms with Crippen LogP contribution in [0.5, 0.6) is 0 Å². The van der Waals surface area contributed by atoms with Crippen LogP contribution in [0.15, 0.2) is 12.4 Å². The summed E-state index contributed by atoms with van der Waals surface area (Å²) in [6.45, 7) is 1.02. The number of hydrogen-bond acceptors (Lipinski definition) is 3. The van der Waals surface area contributed by atoms with Gasteiger partial charge < -0.3 is 10.2 Å². The van der Waals surface area contributed by atoms with Crippen molar-refractivity contribution in [3.63, 3.8) is 0 Å². The van der Waals surface area contributed by atoms with E-state index in [-0.39, 0.29) is 11.8 Å². The number of nitrogens with zero attached hydrogens (tertiary/aromatic N) is 3. The Bertz CT molecular complexity index is 546. The molecule has 1 aliphatic heterocycles. The van der Waals surface area contributed by atoms with Gasteiger partial charge in [0.1, 0.15) is 5.54 Å². The zero-order valence-electron chi connectivity index (χ0n) is 12.5. The summed E-state index contributed by atoms with van der Waals surface area (Å²) in [6.07, 6.45) is 8.77. The van der Waals surface area contributed by atoms with E-state index in [4.69, 9.17) is 0 Å². The molecule has 1 saturated carbocycles. The topological polar surface area (TPSA) is 67.2 Å². The Morgan fingerprint density at radius 1 is 1.29 bits per heavy atom. The SMILES string of the molecule is Cn1cc(CN2CCC(=O)NC3(CCCCC3)C2=O)cn1. The lowest BCUT2D eigenvalue weighted by atomic mass is 9.80. The van der Waals surface area contributed by atoms with Gasteiger partial charge >= 0.3 is 0 Å². The zero-order chi connectivity index (χ0) is 14.9. The molecule has 6 heteroatoms. The van der Waals surface area contributed by atoms with Gasteiger partial charge in [-0.25, -0.2) is 0 Å². The van der Waals surface area contributed by atoms with Crippen LogP contribution in [-0.4, -0.2) is 38.6 Å². The minimum atomic E-state index is -0.659. The lowest BCUT2D eigenvalue weighted by Gasteiger charge is -2.38. The molecule has 0 radical (unpaired) electrons. The second-order valence-electron chi connectivity index (χ2n) is 6.19. The first-order valence-electron chi connectivity index (χ1n) is 7.67. The Kier molecular flexibility index (Phi) is 3.69. The molecule has 1 spiro atoms. The molecular formula is C15H22N4O2. The molecule has 1 aliphatic carbocycles. The summed E-state index contributed by atoms with van der Waals surface area (Å²) in [4.78, 5) is 26.8. The smallest absolute Gasteiger partial charge is 0.248 e. The molecule has 3 rings (SSSR count). The van der Waals surface area contributed by atoms with Gasteiger partial charge in [-0.05, 0) is 12.8 Å². The molecule has 1 aromatic heterocycles. The third kappa shape index (κ3) is 2.80. The van der Waals surface area contributed by atoms with E-state index in [0.717, 1.165) is 37.7 Å². The average molecular weight is 290 g/mol. The Morgan fingerprint density at radius 3 is 2.71 bits per heavy atom. The molecule has 21 heavy (non-hydrogen) atoms. The fraction of sp³-hybridized carbons (Fsp3) is 0.667. The van der Waals surface area contributed by atoms with Crippen LogP contribution < -0.4 is 5.32 Å². The lowest BCUT2D eigenvalue weighted by molar-refractivity contribution is -0.140. The number of hydrogen-bond donors (Lipinski definition) is 1. The number of aromatic nitrogens is 2. The monoisotopic (exact) mass is 290 g/mol. The van der Waals surface area contributed by atoms with Gasteiger partial charge in [-0.15, -0.1) is 0 Å². The molecule has 2 fully saturated rings. The number of nitrogens with one attached hydrogen (secondary N) is 1. The van der Waals surface area contributed by atoms with E-state index >= 15 is 0 Å². The van der Waals surface area contributed by atoms with E-state index in [0.29, 0.717) is 19.5 Å². The molecule has 1 saturated heterocycles. The lowest BCUT2D eigenvalue weighted by Crippen LogP contribution is -2.57. The van der Waals surface area contributed by atoms with E-state index in [1.54, 1.807) is 10.9 Å². The molecule has 0 aromatic carbocycles. The quantitative estimate of drug-likeness (QED) is 0.882. The molecule has 0 unspecified atom stereocenters. The van der Waals surface area contributed by atoms with Crippen LogP contribution in [0, 0.1) is 0 Å². The van der Waals surface area contributed by atoms with Gasteiger partial charge in [0.25, 0.3) is 0 Å². The normalized spacial score (nSPS) is 22.2. The van der Waals surface area contributed by atoms with Crippen LogP contribution in [0.25, 0.3) is 0 Å². The Balaban J connectivity index is 1.82. The molecular weight excluding hydrogens is 268 g/mol. The molecule has 2 heterocycles. The molecule has 2 aliphatic rings. The Labute approximate surface area is 124 Å². The summed E-state index contributed by atoms with van der Waals surface area (Å²) >= 11 is 0. The molecule has 1 aromatic rings. The van der Waals surface area contributed by atoms with E-state index in [1.165, 1.54) is 0 Å². The van der Waals surface area contributed by atoms with Crippen molar-refractivity contribution in [3.8, 4) is 0 Å². The third-order valence-corrected chi connectivity index (χ3v) is 4.52. The summed E-state index contributed by atoms with van der Waals surface area (Å²) in [5.74, 6) is 0.0795. The van der Waals surface area contributed by atoms with Crippen molar-refractivity contribution in [1.29, 1.82) is 0 Å². The standard InChI is InChI=1S/C15H22N4O2/c1-18-10-12(9-16-18)11-19-8-5-13(20)17-15(14(19)21)6-3-2-4-7-15/h9-10H,2-8,11H2,1H3,(H,17,20). The van der Waals surface area contributed by atoms with E-state index in [9.17, 15) is 9.59 Å². The van der Waals surface area contributed by atoms with Gasteiger partial charge in [0, 0.05) is 38.3 Å². The maximum atomic E-state index is 13.0. The van der Waals surface area contributed by atoms with Crippen molar-refractivity contribution in [3.05, 3.63) is 18.0 Å². The van der Waals surface area contributed by atoms with Crippen LogP contribution in [0.3, 0.4) is 0 Å². The van der Waals surface area contributed by atoms with Crippen molar-refractivity contribution in [2.75, 3.05) is 6.54 Å². The predicted octanol–water partition coefficient (Wildman–Crippen LogP) is 0.971. The molecule has 0 bridgehead atoms. The highest BCUT2D eigenvalue weighted by atomic mass is 16.2. The van der Waals surface area contributed by atoms with Crippen LogP contribution in [0.1, 0.15) is 44.1 Å². The van der Waals surface area contributed by atoms with Gasteiger partial charge in [0.15, 0.2) is 0 Å². The molecule has 0 atom stereocenters. The van der Waals surface area contributed by atoms with Crippen LogP contribution >= 0.6 is 0 Å². The number of aryl methyl sites for hydroxylation is 1. The van der Waals surface area contributed by atoms with Crippen molar-refractivity contribution in [2.24, 2.45) is 7.05 Å². The fourth-order valence-corrected chi connectivity index (χ4v) is 3.44. The van der Waals surface area contributed by atoms with Crippen molar-refractivity contribution < 1.29 is 9.59 Å². The first-order chi connectivity index (χ1) is 10.1. The highest BCUT2D eigenvalue weighted by Crippen LogP contribution is 2.32. The van der Waals surface area contributed by atoms with Gasteiger partial charge in [-0.2, -0.15) is 5.10 Å². The number of rotatable bonds is 2. The summed E-state index contributed by atoms with van der Waals surface area (Å²) in [6, 6.07) is 0. The van der Waals surface area contributed by atoms with Gasteiger partial charge in [-0.3, -0.25) is 14.3 Å². The summed E-state index contributed by atoms with van der Waals surface area (Å²) < 4.78 is 1.73. The summed E-state index contributed by atoms with van der Waals surface area (Å²) in [5, 5.41) is 7.16. The van der Waals surface area contributed by atoms with Gasteiger partial charge in [-0.1, -0.05) is 19.3 Å². The van der Waals surface area contributed by atoms with Gasteiger partial charge in [0.2, 0.25) is 11.8 Å². The summed E-state index contributed by atoms with van der Waals surface area (Å²) in [5.41, 5.74) is 0.347. The van der Waals surface area contributed by atoms with E-state index in [1.807, 2.05) is 18.1 Å².